The summed E-state index contributed by atoms with van der Waals surface area (Å²) >= 11 is 5.90. The number of benzene rings is 1. The third-order valence-electron chi connectivity index (χ3n) is 5.26. The van der Waals surface area contributed by atoms with Crippen molar-refractivity contribution in [3.63, 3.8) is 0 Å². The van der Waals surface area contributed by atoms with Crippen LogP contribution in [0.15, 0.2) is 23.0 Å². The van der Waals surface area contributed by atoms with Gasteiger partial charge in [0.25, 0.3) is 0 Å². The van der Waals surface area contributed by atoms with Gasteiger partial charge >= 0.3 is 5.69 Å². The maximum absolute atomic E-state index is 13.0. The number of nitrogens with zero attached hydrogens (tertiary/aromatic N) is 4. The molecular weight excluding hydrogens is 436 g/mol. The number of carbonyl (C=O) groups excluding carboxylic acids is 1. The molecule has 1 aromatic carbocycles. The molecule has 10 heteroatoms. The van der Waals surface area contributed by atoms with Crippen LogP contribution in [0.3, 0.4) is 0 Å². The maximum atomic E-state index is 13.0. The molecule has 0 N–H and O–H groups in total. The summed E-state index contributed by atoms with van der Waals surface area (Å²) in [5, 5.41) is 12.8. The third-order valence-corrected chi connectivity index (χ3v) is 5.42. The molecule has 2 aliphatic rings. The van der Waals surface area contributed by atoms with Gasteiger partial charge in [-0.15, -0.1) is 0 Å². The van der Waals surface area contributed by atoms with Crippen LogP contribution >= 0.6 is 11.6 Å². The van der Waals surface area contributed by atoms with Crippen LogP contribution in [0.1, 0.15) is 49.4 Å². The lowest BCUT2D eigenvalue weighted by molar-refractivity contribution is -0.279. The van der Waals surface area contributed by atoms with Gasteiger partial charge in [-0.1, -0.05) is 19.8 Å². The summed E-state index contributed by atoms with van der Waals surface area (Å²) in [4.78, 5) is 33.7. The first-order valence-corrected chi connectivity index (χ1v) is 10.9. The Kier molecular flexibility index (Phi) is 7.74. The van der Waals surface area contributed by atoms with E-state index in [-0.39, 0.29) is 35.6 Å². The molecule has 0 saturated carbocycles. The van der Waals surface area contributed by atoms with Gasteiger partial charge < -0.3 is 19.1 Å². The van der Waals surface area contributed by atoms with Gasteiger partial charge in [0.1, 0.15) is 5.69 Å². The van der Waals surface area contributed by atoms with E-state index >= 15 is 0 Å². The van der Waals surface area contributed by atoms with E-state index in [1.54, 1.807) is 18.2 Å². The average Bonchev–Trinajstić information content (AvgIpc) is 3.19. The molecule has 0 spiro atoms. The number of Topliss-reactive ketones (excluding diaryl/α,β-unsaturated/α-hetero) is 1. The van der Waals surface area contributed by atoms with Crippen LogP contribution in [-0.4, -0.2) is 39.1 Å². The van der Waals surface area contributed by atoms with Crippen molar-refractivity contribution in [2.45, 2.75) is 52.1 Å². The summed E-state index contributed by atoms with van der Waals surface area (Å²) < 4.78 is 13.0. The first-order valence-electron chi connectivity index (χ1n) is 10.5. The molecule has 0 fully saturated rings. The van der Waals surface area contributed by atoms with Crippen molar-refractivity contribution in [3.8, 4) is 28.9 Å². The highest BCUT2D eigenvalue weighted by atomic mass is 35.5. The number of fused-ring (bicyclic) bond motifs is 1. The molecule has 0 unspecified atom stereocenters. The minimum atomic E-state index is -0.547. The SMILES string of the molecule is CCCCCn1c2nc(Cl)nc-2c([O-])n(CCCC(=O)c2ccc(OC)c(OC)c2)c1=O. The Labute approximate surface area is 190 Å². The normalized spacial score (nSPS) is 11.1. The van der Waals surface area contributed by atoms with Crippen LogP contribution in [0.2, 0.25) is 5.28 Å². The maximum Gasteiger partial charge on any atom is 0.329 e. The first kappa shape index (κ1) is 23.6. The molecule has 0 radical (unpaired) electrons. The summed E-state index contributed by atoms with van der Waals surface area (Å²) in [5.41, 5.74) is 0.0714. The standard InChI is InChI=1S/C22H27ClN4O5/c1-4-5-6-11-26-19-18(24-21(23)25-19)20(29)27(22(26)30)12-7-8-15(28)14-9-10-16(31-2)17(13-14)32-3/h9-10,13,29H,4-8,11-12H2,1-3H3/p-1. The van der Waals surface area contributed by atoms with E-state index in [9.17, 15) is 14.7 Å². The molecule has 2 aliphatic heterocycles. The zero-order valence-electron chi connectivity index (χ0n) is 18.4. The van der Waals surface area contributed by atoms with E-state index in [4.69, 9.17) is 21.1 Å². The Balaban J connectivity index is 1.79. The van der Waals surface area contributed by atoms with Crippen molar-refractivity contribution in [1.29, 1.82) is 0 Å². The summed E-state index contributed by atoms with van der Waals surface area (Å²) in [6.45, 7) is 2.57. The Bertz CT molecular complexity index is 1120. The van der Waals surface area contributed by atoms with Gasteiger partial charge in [-0.3, -0.25) is 9.36 Å². The van der Waals surface area contributed by atoms with Crippen LogP contribution in [0.4, 0.5) is 0 Å². The van der Waals surface area contributed by atoms with Gasteiger partial charge in [0.2, 0.25) is 5.28 Å². The molecule has 1 aromatic rings. The molecule has 3 rings (SSSR count). The van der Waals surface area contributed by atoms with E-state index < -0.39 is 11.6 Å². The molecular formula is C22H26ClN4O5-. The first-order chi connectivity index (χ1) is 15.4. The Hall–Kier alpha value is -3.07. The molecule has 0 aromatic heterocycles. The van der Waals surface area contributed by atoms with Crippen molar-refractivity contribution < 1.29 is 19.4 Å². The van der Waals surface area contributed by atoms with E-state index in [0.717, 1.165) is 23.8 Å². The minimum absolute atomic E-state index is 0.0670. The highest BCUT2D eigenvalue weighted by Gasteiger charge is 2.20. The second-order valence-corrected chi connectivity index (χ2v) is 7.70. The fourth-order valence-electron chi connectivity index (χ4n) is 3.56. The van der Waals surface area contributed by atoms with E-state index in [0.29, 0.717) is 30.0 Å². The van der Waals surface area contributed by atoms with Gasteiger partial charge in [0.15, 0.2) is 23.1 Å². The smallest absolute Gasteiger partial charge is 0.329 e. The molecule has 9 nitrogen and oxygen atoms in total. The molecule has 0 amide bonds. The monoisotopic (exact) mass is 461 g/mol. The van der Waals surface area contributed by atoms with Crippen LogP contribution in [0, 0.1) is 0 Å². The van der Waals surface area contributed by atoms with E-state index in [2.05, 4.69) is 16.9 Å². The molecule has 0 bridgehead atoms. The molecule has 2 heterocycles. The second-order valence-electron chi connectivity index (χ2n) is 7.36. The van der Waals surface area contributed by atoms with E-state index in [1.165, 1.54) is 18.8 Å². The highest BCUT2D eigenvalue weighted by molar-refractivity contribution is 6.28. The summed E-state index contributed by atoms with van der Waals surface area (Å²) in [5.74, 6) is 0.525. The zero-order valence-corrected chi connectivity index (χ0v) is 19.1. The quantitative estimate of drug-likeness (QED) is 0.245. The van der Waals surface area contributed by atoms with E-state index in [1.807, 2.05) is 0 Å². The Morgan fingerprint density at radius 3 is 2.47 bits per heavy atom. The lowest BCUT2D eigenvalue weighted by Crippen LogP contribution is -2.35. The number of carbonyl (C=O) groups is 1. The highest BCUT2D eigenvalue weighted by Crippen LogP contribution is 2.29. The number of ether oxygens (including phenoxy) is 2. The predicted molar refractivity (Wildman–Crippen MR) is 118 cm³/mol. The fraction of sp³-hybridized carbons (Fsp3) is 0.455. The van der Waals surface area contributed by atoms with Crippen LogP contribution in [0.5, 0.6) is 17.4 Å². The van der Waals surface area contributed by atoms with Crippen LogP contribution in [0.25, 0.3) is 11.5 Å². The largest absolute Gasteiger partial charge is 0.858 e. The topological polar surface area (TPSA) is 111 Å². The molecule has 0 aliphatic carbocycles. The molecule has 0 saturated heterocycles. The van der Waals surface area contributed by atoms with Gasteiger partial charge in [-0.05, 0) is 48.5 Å². The molecule has 32 heavy (non-hydrogen) atoms. The lowest BCUT2D eigenvalue weighted by Gasteiger charge is -2.22. The van der Waals surface area contributed by atoms with Gasteiger partial charge in [0.05, 0.1) is 14.2 Å². The number of hydrogen-bond donors (Lipinski definition) is 0. The molecule has 172 valence electrons. The third kappa shape index (κ3) is 4.88. The van der Waals surface area contributed by atoms with Crippen molar-refractivity contribution in [2.24, 2.45) is 0 Å². The Morgan fingerprint density at radius 1 is 1.06 bits per heavy atom. The van der Waals surface area contributed by atoms with Crippen LogP contribution in [-0.2, 0) is 13.1 Å². The van der Waals surface area contributed by atoms with Crippen molar-refractivity contribution in [2.75, 3.05) is 14.2 Å². The van der Waals surface area contributed by atoms with Gasteiger partial charge in [-0.2, -0.15) is 4.98 Å². The van der Waals surface area contributed by atoms with Gasteiger partial charge in [0, 0.05) is 25.1 Å². The average molecular weight is 462 g/mol. The number of unbranched alkanes of at least 4 members (excludes halogenated alkanes) is 2. The number of halogens is 1. The van der Waals surface area contributed by atoms with Gasteiger partial charge in [-0.25, -0.2) is 9.78 Å². The second kappa shape index (κ2) is 10.5. The summed E-state index contributed by atoms with van der Waals surface area (Å²) in [6, 6.07) is 4.93. The lowest BCUT2D eigenvalue weighted by atomic mass is 10.1. The number of methoxy groups -OCH3 is 2. The minimum Gasteiger partial charge on any atom is -0.858 e. The molecule has 0 atom stereocenters. The number of imidazole rings is 1. The fourth-order valence-corrected chi connectivity index (χ4v) is 3.73. The number of aromatic nitrogens is 4. The van der Waals surface area contributed by atoms with Crippen molar-refractivity contribution in [1.82, 2.24) is 19.1 Å². The number of hydrogen-bond acceptors (Lipinski definition) is 7. The zero-order chi connectivity index (χ0) is 23.3. The summed E-state index contributed by atoms with van der Waals surface area (Å²) in [7, 11) is 3.02. The predicted octanol–water partition coefficient (Wildman–Crippen LogP) is 3.14. The van der Waals surface area contributed by atoms with Crippen LogP contribution < -0.4 is 20.3 Å². The van der Waals surface area contributed by atoms with Crippen molar-refractivity contribution in [3.05, 3.63) is 39.5 Å². The summed E-state index contributed by atoms with van der Waals surface area (Å²) in [6.07, 6.45) is 3.16. The number of rotatable bonds is 11. The number of ketones is 1. The van der Waals surface area contributed by atoms with Crippen molar-refractivity contribution >= 4 is 17.4 Å². The Morgan fingerprint density at radius 2 is 1.78 bits per heavy atom.